The Labute approximate surface area is 108 Å². The highest BCUT2D eigenvalue weighted by atomic mass is 79.9. The van der Waals surface area contributed by atoms with Crippen LogP contribution in [0.1, 0.15) is 5.56 Å². The lowest BCUT2D eigenvalue weighted by atomic mass is 10.1. The summed E-state index contributed by atoms with van der Waals surface area (Å²) in [7, 11) is 0. The molecule has 0 heterocycles. The van der Waals surface area contributed by atoms with E-state index >= 15 is 0 Å². The van der Waals surface area contributed by atoms with Crippen molar-refractivity contribution in [2.24, 2.45) is 0 Å². The molecule has 0 aliphatic carbocycles. The first-order chi connectivity index (χ1) is 7.81. The van der Waals surface area contributed by atoms with Crippen LogP contribution in [0.5, 0.6) is 0 Å². The number of alkyl halides is 4. The van der Waals surface area contributed by atoms with E-state index in [1.165, 1.54) is 6.07 Å². The summed E-state index contributed by atoms with van der Waals surface area (Å²) in [6.07, 6.45) is -0.0169. The van der Waals surface area contributed by atoms with E-state index in [9.17, 15) is 22.4 Å². The predicted molar refractivity (Wildman–Crippen MR) is 60.8 cm³/mol. The minimum Gasteiger partial charge on any atom is -0.298 e. The number of ketones is 1. The molecule has 0 atom stereocenters. The maximum atomic E-state index is 13.1. The third-order valence-corrected chi connectivity index (χ3v) is 3.16. The van der Waals surface area contributed by atoms with Gasteiger partial charge in [0.05, 0.1) is 10.2 Å². The van der Waals surface area contributed by atoms with Crippen molar-refractivity contribution in [2.45, 2.75) is 16.8 Å². The largest absolute Gasteiger partial charge is 0.446 e. The number of hydrogen-bond donors (Lipinski definition) is 0. The van der Waals surface area contributed by atoms with E-state index in [0.29, 0.717) is 5.56 Å². The van der Waals surface area contributed by atoms with Crippen molar-refractivity contribution in [3.8, 4) is 0 Å². The van der Waals surface area contributed by atoms with E-state index < -0.39 is 28.0 Å². The van der Waals surface area contributed by atoms with Gasteiger partial charge in [-0.05, 0) is 29.5 Å². The molecule has 0 saturated heterocycles. The quantitative estimate of drug-likeness (QED) is 0.472. The first kappa shape index (κ1) is 14.5. The van der Waals surface area contributed by atoms with E-state index in [1.807, 2.05) is 0 Å². The summed E-state index contributed by atoms with van der Waals surface area (Å²) in [5, 5.41) is 0.117. The molecule has 0 aromatic heterocycles. The molecule has 17 heavy (non-hydrogen) atoms. The molecule has 0 aliphatic heterocycles. The zero-order chi connectivity index (χ0) is 13.1. The van der Waals surface area contributed by atoms with Gasteiger partial charge in [-0.2, -0.15) is 13.2 Å². The molecular formula is C10H7BrF4OS. The van der Waals surface area contributed by atoms with Crippen LogP contribution in [0.3, 0.4) is 0 Å². The zero-order valence-corrected chi connectivity index (χ0v) is 10.8. The molecule has 0 aliphatic rings. The van der Waals surface area contributed by atoms with Crippen LogP contribution in [0, 0.1) is 5.82 Å². The van der Waals surface area contributed by atoms with Crippen molar-refractivity contribution in [1.29, 1.82) is 0 Å². The van der Waals surface area contributed by atoms with E-state index in [-0.39, 0.29) is 17.5 Å². The zero-order valence-electron chi connectivity index (χ0n) is 8.35. The Balaban J connectivity index is 2.90. The number of rotatable bonds is 4. The molecule has 0 radical (unpaired) electrons. The van der Waals surface area contributed by atoms with Crippen LogP contribution in [0.4, 0.5) is 17.6 Å². The normalized spacial score (nSPS) is 11.6. The molecule has 0 unspecified atom stereocenters. The lowest BCUT2D eigenvalue weighted by Gasteiger charge is -2.08. The summed E-state index contributed by atoms with van der Waals surface area (Å²) in [4.78, 5) is 10.6. The second kappa shape index (κ2) is 5.86. The molecule has 0 N–H and O–H groups in total. The van der Waals surface area contributed by atoms with Crippen molar-refractivity contribution in [1.82, 2.24) is 0 Å². The highest BCUT2D eigenvalue weighted by Crippen LogP contribution is 2.38. The van der Waals surface area contributed by atoms with Gasteiger partial charge in [-0.25, -0.2) is 4.39 Å². The number of Topliss-reactive ketones (excluding diaryl/α,β-unsaturated/α-hetero) is 1. The van der Waals surface area contributed by atoms with Crippen LogP contribution in [-0.2, 0) is 11.2 Å². The van der Waals surface area contributed by atoms with Gasteiger partial charge in [0.1, 0.15) is 11.6 Å². The molecule has 1 rings (SSSR count). The monoisotopic (exact) mass is 330 g/mol. The number of halogens is 5. The fourth-order valence-corrected chi connectivity index (χ4v) is 1.96. The van der Waals surface area contributed by atoms with Crippen molar-refractivity contribution < 1.29 is 22.4 Å². The Morgan fingerprint density at radius 3 is 2.53 bits per heavy atom. The number of benzene rings is 1. The van der Waals surface area contributed by atoms with Crippen molar-refractivity contribution in [2.75, 3.05) is 5.33 Å². The van der Waals surface area contributed by atoms with E-state index in [0.717, 1.165) is 12.1 Å². The Morgan fingerprint density at radius 2 is 2.00 bits per heavy atom. The molecule has 1 aromatic rings. The SMILES string of the molecule is O=C(CBr)Cc1ccc(F)c(SC(F)(F)F)c1. The van der Waals surface area contributed by atoms with Gasteiger partial charge in [0.2, 0.25) is 0 Å². The van der Waals surface area contributed by atoms with Gasteiger partial charge in [0, 0.05) is 6.42 Å². The average Bonchev–Trinajstić information content (AvgIpc) is 2.21. The molecule has 0 saturated carbocycles. The molecule has 7 heteroatoms. The lowest BCUT2D eigenvalue weighted by Crippen LogP contribution is -2.05. The molecule has 0 fully saturated rings. The van der Waals surface area contributed by atoms with Crippen molar-refractivity contribution >= 4 is 33.5 Å². The molecule has 94 valence electrons. The smallest absolute Gasteiger partial charge is 0.298 e. The molecule has 0 amide bonds. The van der Waals surface area contributed by atoms with Gasteiger partial charge in [0.25, 0.3) is 0 Å². The third-order valence-electron chi connectivity index (χ3n) is 1.77. The minimum absolute atomic E-state index is 0.0169. The molecular weight excluding hydrogens is 324 g/mol. The summed E-state index contributed by atoms with van der Waals surface area (Å²) in [5.41, 5.74) is -4.18. The summed E-state index contributed by atoms with van der Waals surface area (Å²) < 4.78 is 49.4. The number of carbonyl (C=O) groups excluding carboxylic acids is 1. The van der Waals surface area contributed by atoms with E-state index in [4.69, 9.17) is 0 Å². The van der Waals surface area contributed by atoms with Gasteiger partial charge >= 0.3 is 5.51 Å². The third kappa shape index (κ3) is 5.08. The van der Waals surface area contributed by atoms with Crippen LogP contribution in [0.2, 0.25) is 0 Å². The van der Waals surface area contributed by atoms with Gasteiger partial charge in [-0.3, -0.25) is 4.79 Å². The predicted octanol–water partition coefficient (Wildman–Crippen LogP) is 3.94. The van der Waals surface area contributed by atoms with Gasteiger partial charge in [0.15, 0.2) is 0 Å². The first-order valence-electron chi connectivity index (χ1n) is 4.43. The second-order valence-electron chi connectivity index (χ2n) is 3.16. The highest BCUT2D eigenvalue weighted by molar-refractivity contribution is 9.09. The van der Waals surface area contributed by atoms with Crippen molar-refractivity contribution in [3.05, 3.63) is 29.6 Å². The Morgan fingerprint density at radius 1 is 1.35 bits per heavy atom. The van der Waals surface area contributed by atoms with Crippen LogP contribution in [0.15, 0.2) is 23.1 Å². The Bertz CT molecular complexity index is 419. The summed E-state index contributed by atoms with van der Waals surface area (Å²) in [6.45, 7) is 0. The molecule has 1 aromatic carbocycles. The maximum Gasteiger partial charge on any atom is 0.446 e. The average molecular weight is 331 g/mol. The topological polar surface area (TPSA) is 17.1 Å². The Hall–Kier alpha value is -0.560. The Kier molecular flexibility index (Phi) is 5.00. The summed E-state index contributed by atoms with van der Waals surface area (Å²) in [6, 6.07) is 3.29. The molecule has 0 spiro atoms. The second-order valence-corrected chi connectivity index (χ2v) is 4.83. The summed E-state index contributed by atoms with van der Waals surface area (Å²) in [5.74, 6) is -1.12. The molecule has 1 nitrogen and oxygen atoms in total. The number of carbonyl (C=O) groups is 1. The molecule has 0 bridgehead atoms. The fourth-order valence-electron chi connectivity index (χ4n) is 1.14. The first-order valence-corrected chi connectivity index (χ1v) is 6.37. The summed E-state index contributed by atoms with van der Waals surface area (Å²) >= 11 is 2.42. The highest BCUT2D eigenvalue weighted by Gasteiger charge is 2.30. The maximum absolute atomic E-state index is 13.1. The number of hydrogen-bond acceptors (Lipinski definition) is 2. The standard InChI is InChI=1S/C10H7BrF4OS/c11-5-7(16)3-6-1-2-8(12)9(4-6)17-10(13,14)15/h1-2,4H,3,5H2. The van der Waals surface area contributed by atoms with Gasteiger partial charge in [-0.1, -0.05) is 22.0 Å². The van der Waals surface area contributed by atoms with Crippen LogP contribution in [0.25, 0.3) is 0 Å². The lowest BCUT2D eigenvalue weighted by molar-refractivity contribution is -0.115. The van der Waals surface area contributed by atoms with Gasteiger partial charge < -0.3 is 0 Å². The fraction of sp³-hybridized carbons (Fsp3) is 0.300. The van der Waals surface area contributed by atoms with Crippen molar-refractivity contribution in [3.63, 3.8) is 0 Å². The van der Waals surface area contributed by atoms with Gasteiger partial charge in [-0.15, -0.1) is 0 Å². The van der Waals surface area contributed by atoms with Crippen LogP contribution >= 0.6 is 27.7 Å². The van der Waals surface area contributed by atoms with E-state index in [2.05, 4.69) is 15.9 Å². The van der Waals surface area contributed by atoms with Crippen LogP contribution in [-0.4, -0.2) is 16.6 Å². The number of thioether (sulfide) groups is 1. The van der Waals surface area contributed by atoms with Crippen LogP contribution < -0.4 is 0 Å². The minimum atomic E-state index is -4.54. The van der Waals surface area contributed by atoms with E-state index in [1.54, 1.807) is 0 Å².